The van der Waals surface area contributed by atoms with E-state index in [4.69, 9.17) is 5.11 Å². The summed E-state index contributed by atoms with van der Waals surface area (Å²) >= 11 is 3.33. The van der Waals surface area contributed by atoms with Gasteiger partial charge < -0.3 is 10.4 Å². The number of hydrogen-bond acceptors (Lipinski definition) is 2. The van der Waals surface area contributed by atoms with Crippen LogP contribution in [-0.4, -0.2) is 22.5 Å². The van der Waals surface area contributed by atoms with Crippen molar-refractivity contribution in [2.75, 3.05) is 0 Å². The number of hydrogen-bond donors (Lipinski definition) is 2. The average Bonchev–Trinajstić information content (AvgIpc) is 2.13. The van der Waals surface area contributed by atoms with Crippen LogP contribution in [0.3, 0.4) is 0 Å². The monoisotopic (exact) mass is 313 g/mol. The fraction of sp³-hybridized carbons (Fsp3) is 0.385. The molecule has 4 nitrogen and oxygen atoms in total. The molecular weight excluding hydrogens is 298 g/mol. The van der Waals surface area contributed by atoms with Gasteiger partial charge in [0.2, 0.25) is 0 Å². The van der Waals surface area contributed by atoms with Crippen LogP contribution in [0.4, 0.5) is 0 Å². The summed E-state index contributed by atoms with van der Waals surface area (Å²) < 4.78 is 0.904. The number of amides is 1. The summed E-state index contributed by atoms with van der Waals surface area (Å²) in [5.41, 5.74) is 0.618. The second kappa shape index (κ2) is 5.52. The molecule has 0 aliphatic rings. The lowest BCUT2D eigenvalue weighted by molar-refractivity contribution is -0.138. The molecule has 98 valence electrons. The summed E-state index contributed by atoms with van der Waals surface area (Å²) in [4.78, 5) is 22.7. The molecule has 0 spiro atoms. The summed E-state index contributed by atoms with van der Waals surface area (Å²) in [6.07, 6.45) is -0.117. The largest absolute Gasteiger partial charge is 0.481 e. The minimum absolute atomic E-state index is 0.117. The molecule has 1 rings (SSSR count). The molecule has 0 unspecified atom stereocenters. The van der Waals surface area contributed by atoms with Gasteiger partial charge in [0.1, 0.15) is 0 Å². The van der Waals surface area contributed by atoms with Crippen molar-refractivity contribution in [1.29, 1.82) is 0 Å². The molecule has 0 aliphatic carbocycles. The number of carbonyl (C=O) groups excluding carboxylic acids is 1. The Hall–Kier alpha value is -1.36. The van der Waals surface area contributed by atoms with Gasteiger partial charge in [-0.05, 0) is 44.5 Å². The van der Waals surface area contributed by atoms with Crippen LogP contribution in [0, 0.1) is 6.92 Å². The van der Waals surface area contributed by atoms with Gasteiger partial charge in [0, 0.05) is 15.6 Å². The van der Waals surface area contributed by atoms with Crippen molar-refractivity contribution in [3.63, 3.8) is 0 Å². The first-order valence-corrected chi connectivity index (χ1v) is 6.31. The predicted molar refractivity (Wildman–Crippen MR) is 72.7 cm³/mol. The van der Waals surface area contributed by atoms with Crippen molar-refractivity contribution in [1.82, 2.24) is 5.32 Å². The van der Waals surface area contributed by atoms with Gasteiger partial charge in [-0.15, -0.1) is 0 Å². The van der Waals surface area contributed by atoms with E-state index in [1.54, 1.807) is 26.0 Å². The molecule has 2 N–H and O–H groups in total. The highest BCUT2D eigenvalue weighted by Crippen LogP contribution is 2.17. The van der Waals surface area contributed by atoms with Crippen LogP contribution in [0.25, 0.3) is 0 Å². The molecule has 1 amide bonds. The lowest BCUT2D eigenvalue weighted by Gasteiger charge is -2.24. The van der Waals surface area contributed by atoms with Crippen molar-refractivity contribution in [3.8, 4) is 0 Å². The van der Waals surface area contributed by atoms with E-state index in [0.717, 1.165) is 10.0 Å². The topological polar surface area (TPSA) is 66.4 Å². The molecular formula is C13H16BrNO3. The van der Waals surface area contributed by atoms with Gasteiger partial charge in [0.25, 0.3) is 5.91 Å². The first-order chi connectivity index (χ1) is 8.21. The van der Waals surface area contributed by atoms with Crippen LogP contribution in [0.5, 0.6) is 0 Å². The minimum Gasteiger partial charge on any atom is -0.481 e. The van der Waals surface area contributed by atoms with Gasteiger partial charge in [0.05, 0.1) is 6.42 Å². The third-order valence-electron chi connectivity index (χ3n) is 2.48. The quantitative estimate of drug-likeness (QED) is 0.898. The molecule has 5 heteroatoms. The number of carboxylic acids is 1. The van der Waals surface area contributed by atoms with E-state index in [9.17, 15) is 9.59 Å². The third-order valence-corrected chi connectivity index (χ3v) is 2.97. The maximum absolute atomic E-state index is 12.1. The van der Waals surface area contributed by atoms with E-state index in [1.165, 1.54) is 0 Å². The van der Waals surface area contributed by atoms with Crippen molar-refractivity contribution >= 4 is 27.8 Å². The van der Waals surface area contributed by atoms with Crippen molar-refractivity contribution < 1.29 is 14.7 Å². The molecule has 0 saturated carbocycles. The van der Waals surface area contributed by atoms with Gasteiger partial charge in [0.15, 0.2) is 0 Å². The zero-order valence-electron chi connectivity index (χ0n) is 10.6. The van der Waals surface area contributed by atoms with E-state index in [2.05, 4.69) is 21.2 Å². The normalized spacial score (nSPS) is 11.1. The van der Waals surface area contributed by atoms with Crippen molar-refractivity contribution in [2.45, 2.75) is 32.7 Å². The maximum Gasteiger partial charge on any atom is 0.305 e. The summed E-state index contributed by atoms with van der Waals surface area (Å²) in [5.74, 6) is -1.20. The van der Waals surface area contributed by atoms with Gasteiger partial charge in [-0.25, -0.2) is 0 Å². The van der Waals surface area contributed by atoms with E-state index >= 15 is 0 Å². The highest BCUT2D eigenvalue weighted by atomic mass is 79.9. The standard InChI is InChI=1S/C13H16BrNO3/c1-8-6-9(14)4-5-10(8)12(18)15-13(2,3)7-11(16)17/h4-6H,7H2,1-3H3,(H,15,18)(H,16,17). The van der Waals surface area contributed by atoms with Gasteiger partial charge in [-0.1, -0.05) is 15.9 Å². The zero-order valence-corrected chi connectivity index (χ0v) is 12.2. The van der Waals surface area contributed by atoms with Gasteiger partial charge >= 0.3 is 5.97 Å². The number of rotatable bonds is 4. The van der Waals surface area contributed by atoms with E-state index in [0.29, 0.717) is 5.56 Å². The fourth-order valence-electron chi connectivity index (χ4n) is 1.68. The van der Waals surface area contributed by atoms with E-state index < -0.39 is 11.5 Å². The Morgan fingerprint density at radius 1 is 1.39 bits per heavy atom. The smallest absolute Gasteiger partial charge is 0.305 e. The van der Waals surface area contributed by atoms with E-state index in [1.807, 2.05) is 13.0 Å². The summed E-state index contributed by atoms with van der Waals surface area (Å²) in [7, 11) is 0. The fourth-order valence-corrected chi connectivity index (χ4v) is 2.15. The van der Waals surface area contributed by atoms with Gasteiger partial charge in [-0.2, -0.15) is 0 Å². The first-order valence-electron chi connectivity index (χ1n) is 5.52. The first kappa shape index (κ1) is 14.7. The maximum atomic E-state index is 12.1. The second-order valence-corrected chi connectivity index (χ2v) is 5.78. The summed E-state index contributed by atoms with van der Waals surface area (Å²) in [6.45, 7) is 5.21. The molecule has 0 atom stereocenters. The zero-order chi connectivity index (χ0) is 13.9. The summed E-state index contributed by atoms with van der Waals surface area (Å²) in [6, 6.07) is 5.34. The Labute approximate surface area is 115 Å². The molecule has 0 fully saturated rings. The number of nitrogens with one attached hydrogen (secondary N) is 1. The third kappa shape index (κ3) is 4.14. The number of benzene rings is 1. The van der Waals surface area contributed by atoms with Crippen LogP contribution >= 0.6 is 15.9 Å². The molecule has 1 aromatic carbocycles. The highest BCUT2D eigenvalue weighted by molar-refractivity contribution is 9.10. The van der Waals surface area contributed by atoms with Crippen LogP contribution in [-0.2, 0) is 4.79 Å². The molecule has 0 saturated heterocycles. The summed E-state index contributed by atoms with van der Waals surface area (Å²) in [5, 5.41) is 11.5. The van der Waals surface area contributed by atoms with Crippen LogP contribution in [0.2, 0.25) is 0 Å². The lowest BCUT2D eigenvalue weighted by atomic mass is 9.99. The lowest BCUT2D eigenvalue weighted by Crippen LogP contribution is -2.45. The molecule has 0 radical (unpaired) electrons. The van der Waals surface area contributed by atoms with Crippen LogP contribution in [0.15, 0.2) is 22.7 Å². The van der Waals surface area contributed by atoms with Crippen molar-refractivity contribution in [2.24, 2.45) is 0 Å². The number of halogens is 1. The minimum atomic E-state index is -0.937. The molecule has 1 aromatic rings. The Morgan fingerprint density at radius 2 is 2.00 bits per heavy atom. The van der Waals surface area contributed by atoms with Crippen LogP contribution < -0.4 is 5.32 Å². The van der Waals surface area contributed by atoms with E-state index in [-0.39, 0.29) is 12.3 Å². The second-order valence-electron chi connectivity index (χ2n) is 4.87. The molecule has 0 bridgehead atoms. The van der Waals surface area contributed by atoms with Gasteiger partial charge in [-0.3, -0.25) is 9.59 Å². The predicted octanol–water partition coefficient (Wildman–Crippen LogP) is 2.74. The number of aliphatic carboxylic acids is 1. The Kier molecular flexibility index (Phi) is 4.51. The average molecular weight is 314 g/mol. The molecule has 18 heavy (non-hydrogen) atoms. The number of aryl methyl sites for hydroxylation is 1. The molecule has 0 aromatic heterocycles. The van der Waals surface area contributed by atoms with Crippen LogP contribution in [0.1, 0.15) is 36.2 Å². The Morgan fingerprint density at radius 3 is 2.50 bits per heavy atom. The Balaban J connectivity index is 2.85. The number of carboxylic acid groups (broad SMARTS) is 1. The SMILES string of the molecule is Cc1cc(Br)ccc1C(=O)NC(C)(C)CC(=O)O. The van der Waals surface area contributed by atoms with Crippen molar-refractivity contribution in [3.05, 3.63) is 33.8 Å². The molecule has 0 aliphatic heterocycles. The molecule has 0 heterocycles. The number of carbonyl (C=O) groups is 2. The Bertz CT molecular complexity index is 483. The highest BCUT2D eigenvalue weighted by Gasteiger charge is 2.24.